The Labute approximate surface area is 312 Å². The Morgan fingerprint density at radius 2 is 0.833 bits per heavy atom. The van der Waals surface area contributed by atoms with Crippen molar-refractivity contribution >= 4 is 10.9 Å². The normalized spacial score (nSPS) is 10.9. The Hall–Kier alpha value is -7.62. The fourth-order valence-electron chi connectivity index (χ4n) is 6.68. The number of nitriles is 1. The number of hydrogen-bond acceptors (Lipinski definition) is 6. The summed E-state index contributed by atoms with van der Waals surface area (Å²) in [7, 11) is 0. The van der Waals surface area contributed by atoms with Crippen LogP contribution in [0.4, 0.5) is 0 Å². The lowest BCUT2D eigenvalue weighted by Crippen LogP contribution is -2.00. The van der Waals surface area contributed by atoms with E-state index in [1.807, 2.05) is 127 Å². The Kier molecular flexibility index (Phi) is 8.48. The van der Waals surface area contributed by atoms with Gasteiger partial charge in [0.2, 0.25) is 0 Å². The first-order valence-corrected chi connectivity index (χ1v) is 17.6. The van der Waals surface area contributed by atoms with Crippen molar-refractivity contribution in [3.63, 3.8) is 0 Å². The highest BCUT2D eigenvalue weighted by Gasteiger charge is 2.17. The van der Waals surface area contributed by atoms with Gasteiger partial charge in [-0.15, -0.1) is 0 Å². The SMILES string of the molecule is N#Cc1ccc(-c2ccc(-c3nc(-c4ccccc4)nc(-c4ccccc4)n3)cc2-c2cccc(-c3nc(-c4ccccc4)c4ccccc4n3)c2)cc1. The van der Waals surface area contributed by atoms with Crippen molar-refractivity contribution < 1.29 is 0 Å². The number of nitrogens with zero attached hydrogens (tertiary/aromatic N) is 6. The molecular formula is C48H30N6. The maximum absolute atomic E-state index is 9.52. The van der Waals surface area contributed by atoms with Crippen LogP contribution in [0.25, 0.3) is 90.0 Å². The van der Waals surface area contributed by atoms with Crippen LogP contribution in [0, 0.1) is 11.3 Å². The molecule has 0 saturated carbocycles. The summed E-state index contributed by atoms with van der Waals surface area (Å²) in [5.74, 6) is 2.41. The first-order chi connectivity index (χ1) is 26.7. The van der Waals surface area contributed by atoms with Crippen LogP contribution in [0.15, 0.2) is 182 Å². The minimum Gasteiger partial charge on any atom is -0.228 e. The minimum atomic E-state index is 0.567. The average molecular weight is 691 g/mol. The van der Waals surface area contributed by atoms with Crippen molar-refractivity contribution in [2.75, 3.05) is 0 Å². The molecule has 0 amide bonds. The molecule has 2 aromatic heterocycles. The smallest absolute Gasteiger partial charge is 0.164 e. The van der Waals surface area contributed by atoms with Crippen molar-refractivity contribution in [2.24, 2.45) is 0 Å². The molecule has 0 saturated heterocycles. The van der Waals surface area contributed by atoms with Gasteiger partial charge in [0.1, 0.15) is 0 Å². The molecule has 0 aliphatic rings. The van der Waals surface area contributed by atoms with E-state index < -0.39 is 0 Å². The van der Waals surface area contributed by atoms with Crippen molar-refractivity contribution in [2.45, 2.75) is 0 Å². The molecule has 0 unspecified atom stereocenters. The average Bonchev–Trinajstić information content (AvgIpc) is 3.26. The van der Waals surface area contributed by atoms with Crippen molar-refractivity contribution in [1.29, 1.82) is 5.26 Å². The van der Waals surface area contributed by atoms with Crippen molar-refractivity contribution in [1.82, 2.24) is 24.9 Å². The number of hydrogen-bond donors (Lipinski definition) is 0. The van der Waals surface area contributed by atoms with Crippen LogP contribution in [0.3, 0.4) is 0 Å². The zero-order valence-corrected chi connectivity index (χ0v) is 29.0. The van der Waals surface area contributed by atoms with E-state index in [-0.39, 0.29) is 0 Å². The minimum absolute atomic E-state index is 0.567. The highest BCUT2D eigenvalue weighted by Crippen LogP contribution is 2.38. The van der Waals surface area contributed by atoms with E-state index in [9.17, 15) is 5.26 Å². The molecule has 9 rings (SSSR count). The van der Waals surface area contributed by atoms with Gasteiger partial charge in [0.05, 0.1) is 22.8 Å². The second-order valence-corrected chi connectivity index (χ2v) is 12.8. The van der Waals surface area contributed by atoms with Crippen LogP contribution in [0.5, 0.6) is 0 Å². The summed E-state index contributed by atoms with van der Waals surface area (Å²) >= 11 is 0. The predicted octanol–water partition coefficient (Wildman–Crippen LogP) is 11.4. The molecule has 0 bridgehead atoms. The first-order valence-electron chi connectivity index (χ1n) is 17.6. The van der Waals surface area contributed by atoms with Gasteiger partial charge < -0.3 is 0 Å². The summed E-state index contributed by atoms with van der Waals surface area (Å²) in [5.41, 5.74) is 10.9. The molecule has 0 spiro atoms. The van der Waals surface area contributed by atoms with Gasteiger partial charge >= 0.3 is 0 Å². The summed E-state index contributed by atoms with van der Waals surface area (Å²) < 4.78 is 0. The summed E-state index contributed by atoms with van der Waals surface area (Å²) in [6.45, 7) is 0. The topological polar surface area (TPSA) is 88.2 Å². The fraction of sp³-hybridized carbons (Fsp3) is 0. The second-order valence-electron chi connectivity index (χ2n) is 12.8. The molecule has 6 nitrogen and oxygen atoms in total. The van der Waals surface area contributed by atoms with E-state index in [2.05, 4.69) is 60.7 Å². The van der Waals surface area contributed by atoms with Crippen molar-refractivity contribution in [3.8, 4) is 85.1 Å². The van der Waals surface area contributed by atoms with E-state index >= 15 is 0 Å². The lowest BCUT2D eigenvalue weighted by Gasteiger charge is -2.15. The number of rotatable bonds is 7. The lowest BCUT2D eigenvalue weighted by atomic mass is 9.91. The van der Waals surface area contributed by atoms with E-state index in [0.717, 1.165) is 66.7 Å². The van der Waals surface area contributed by atoms with Crippen molar-refractivity contribution in [3.05, 3.63) is 188 Å². The second kappa shape index (κ2) is 14.2. The first kappa shape index (κ1) is 32.3. The number of para-hydroxylation sites is 1. The Balaban J connectivity index is 1.22. The molecule has 6 heteroatoms. The fourth-order valence-corrected chi connectivity index (χ4v) is 6.68. The third-order valence-electron chi connectivity index (χ3n) is 9.38. The molecule has 252 valence electrons. The molecule has 54 heavy (non-hydrogen) atoms. The van der Waals surface area contributed by atoms with E-state index in [1.165, 1.54) is 0 Å². The van der Waals surface area contributed by atoms with E-state index in [4.69, 9.17) is 24.9 Å². The Bertz CT molecular complexity index is 2760. The Morgan fingerprint density at radius 3 is 1.48 bits per heavy atom. The molecule has 0 radical (unpaired) electrons. The van der Waals surface area contributed by atoms with Crippen LogP contribution in [0.1, 0.15) is 5.56 Å². The monoisotopic (exact) mass is 690 g/mol. The van der Waals surface area contributed by atoms with Gasteiger partial charge in [-0.1, -0.05) is 152 Å². The van der Waals surface area contributed by atoms with Gasteiger partial charge in [-0.2, -0.15) is 5.26 Å². The van der Waals surface area contributed by atoms with Gasteiger partial charge in [0.25, 0.3) is 0 Å². The number of aromatic nitrogens is 5. The largest absolute Gasteiger partial charge is 0.228 e. The van der Waals surface area contributed by atoms with Gasteiger partial charge in [0, 0.05) is 33.2 Å². The van der Waals surface area contributed by atoms with Crippen LogP contribution in [0.2, 0.25) is 0 Å². The molecule has 0 atom stereocenters. The van der Waals surface area contributed by atoms with Gasteiger partial charge in [-0.3, -0.25) is 0 Å². The van der Waals surface area contributed by atoms with Gasteiger partial charge in [-0.05, 0) is 52.6 Å². The maximum atomic E-state index is 9.52. The molecular weight excluding hydrogens is 661 g/mol. The molecule has 0 aliphatic heterocycles. The highest BCUT2D eigenvalue weighted by atomic mass is 15.0. The van der Waals surface area contributed by atoms with Gasteiger partial charge in [0.15, 0.2) is 23.3 Å². The van der Waals surface area contributed by atoms with Crippen LogP contribution < -0.4 is 0 Å². The summed E-state index contributed by atoms with van der Waals surface area (Å²) in [6.07, 6.45) is 0. The maximum Gasteiger partial charge on any atom is 0.164 e. The zero-order valence-electron chi connectivity index (χ0n) is 29.0. The Morgan fingerprint density at radius 1 is 0.333 bits per heavy atom. The van der Waals surface area contributed by atoms with Crippen LogP contribution in [-0.4, -0.2) is 24.9 Å². The third-order valence-corrected chi connectivity index (χ3v) is 9.38. The molecule has 7 aromatic carbocycles. The molecule has 0 fully saturated rings. The molecule has 0 N–H and O–H groups in total. The molecule has 0 aliphatic carbocycles. The van der Waals surface area contributed by atoms with E-state index in [0.29, 0.717) is 28.9 Å². The summed E-state index contributed by atoms with van der Waals surface area (Å²) in [4.78, 5) is 25.1. The number of benzene rings is 7. The summed E-state index contributed by atoms with van der Waals surface area (Å²) in [6, 6.07) is 62.9. The number of fused-ring (bicyclic) bond motifs is 1. The quantitative estimate of drug-likeness (QED) is 0.165. The van der Waals surface area contributed by atoms with Crippen LogP contribution in [-0.2, 0) is 0 Å². The van der Waals surface area contributed by atoms with E-state index in [1.54, 1.807) is 0 Å². The lowest BCUT2D eigenvalue weighted by molar-refractivity contribution is 1.07. The summed E-state index contributed by atoms with van der Waals surface area (Å²) in [5, 5.41) is 10.5. The third kappa shape index (κ3) is 6.38. The highest BCUT2D eigenvalue weighted by molar-refractivity contribution is 5.94. The standard InChI is InChI=1S/C48H30N6/c49-31-32-23-25-33(26-24-32)40-28-27-39(48-53-45(35-15-6-2-7-16-35)52-46(54-48)36-17-8-3-9-18-36)30-42(40)37-19-12-20-38(29-37)47-50-43-22-11-10-21-41(43)44(51-47)34-13-4-1-5-14-34/h1-30H. The van der Waals surface area contributed by atoms with Gasteiger partial charge in [-0.25, -0.2) is 24.9 Å². The molecule has 2 heterocycles. The molecule has 9 aromatic rings. The van der Waals surface area contributed by atoms with Crippen LogP contribution >= 0.6 is 0 Å². The predicted molar refractivity (Wildman–Crippen MR) is 216 cm³/mol. The zero-order chi connectivity index (χ0) is 36.3.